The van der Waals surface area contributed by atoms with Gasteiger partial charge in [-0.1, -0.05) is 38.8 Å². The molecule has 0 aliphatic heterocycles. The minimum atomic E-state index is 0. The van der Waals surface area contributed by atoms with Crippen molar-refractivity contribution in [3.63, 3.8) is 0 Å². The molecule has 0 amide bonds. The van der Waals surface area contributed by atoms with Crippen LogP contribution in [0.5, 0.6) is 0 Å². The first-order valence-electron chi connectivity index (χ1n) is 4.11. The van der Waals surface area contributed by atoms with Crippen LogP contribution in [-0.4, -0.2) is 0 Å². The number of benzene rings is 1. The van der Waals surface area contributed by atoms with E-state index in [0.29, 0.717) is 0 Å². The summed E-state index contributed by atoms with van der Waals surface area (Å²) >= 11 is 0. The van der Waals surface area contributed by atoms with Crippen LogP contribution in [0.25, 0.3) is 0 Å². The quantitative estimate of drug-likeness (QED) is 0.467. The van der Waals surface area contributed by atoms with E-state index in [1.54, 1.807) is 0 Å². The summed E-state index contributed by atoms with van der Waals surface area (Å²) in [5.41, 5.74) is 2.48. The topological polar surface area (TPSA) is 0 Å². The fourth-order valence-corrected chi connectivity index (χ4v) is 1.07. The van der Waals surface area contributed by atoms with Crippen molar-refractivity contribution in [1.29, 1.82) is 0 Å². The summed E-state index contributed by atoms with van der Waals surface area (Å²) in [4.78, 5) is 0. The van der Waals surface area contributed by atoms with Crippen molar-refractivity contribution in [3.05, 3.63) is 35.4 Å². The second-order valence-electron chi connectivity index (χ2n) is 3.97. The standard InChI is InChI=1S/C12H14.Cu/c1-5-10-6-8-11(9-7-10)12(2,3)4;/h1,6-9H,2-4H3;. The van der Waals surface area contributed by atoms with E-state index in [9.17, 15) is 0 Å². The predicted octanol–water partition coefficient (Wildman–Crippen LogP) is 2.96. The molecule has 1 radical (unpaired) electrons. The van der Waals surface area contributed by atoms with Gasteiger partial charge in [-0.05, 0) is 23.1 Å². The van der Waals surface area contributed by atoms with Gasteiger partial charge in [-0.15, -0.1) is 6.42 Å². The normalized spacial score (nSPS) is 10.0. The number of rotatable bonds is 0. The molecule has 1 aromatic carbocycles. The van der Waals surface area contributed by atoms with Crippen molar-refractivity contribution in [2.75, 3.05) is 0 Å². The van der Waals surface area contributed by atoms with Crippen LogP contribution >= 0.6 is 0 Å². The van der Waals surface area contributed by atoms with Gasteiger partial charge in [0, 0.05) is 22.6 Å². The van der Waals surface area contributed by atoms with Gasteiger partial charge in [0.25, 0.3) is 0 Å². The molecule has 0 aliphatic rings. The maximum atomic E-state index is 5.26. The van der Waals surface area contributed by atoms with E-state index in [0.717, 1.165) is 5.56 Å². The smallest absolute Gasteiger partial charge is 0.0242 e. The Morgan fingerprint density at radius 3 is 1.85 bits per heavy atom. The Labute approximate surface area is 91.2 Å². The molecule has 13 heavy (non-hydrogen) atoms. The number of hydrogen-bond acceptors (Lipinski definition) is 0. The fourth-order valence-electron chi connectivity index (χ4n) is 1.07. The van der Waals surface area contributed by atoms with Crippen molar-refractivity contribution in [2.45, 2.75) is 26.2 Å². The summed E-state index contributed by atoms with van der Waals surface area (Å²) in [5, 5.41) is 0. The maximum absolute atomic E-state index is 5.26. The molecule has 0 nitrogen and oxygen atoms in total. The first kappa shape index (κ1) is 12.3. The Morgan fingerprint density at radius 1 is 1.08 bits per heavy atom. The molecule has 0 spiro atoms. The molecular formula is C12H14Cu. The van der Waals surface area contributed by atoms with E-state index in [1.807, 2.05) is 12.1 Å². The van der Waals surface area contributed by atoms with Crippen molar-refractivity contribution in [3.8, 4) is 12.3 Å². The van der Waals surface area contributed by atoms with Crippen LogP contribution in [0.1, 0.15) is 31.9 Å². The molecule has 0 saturated heterocycles. The molecule has 73 valence electrons. The molecule has 1 heteroatoms. The summed E-state index contributed by atoms with van der Waals surface area (Å²) in [7, 11) is 0. The third-order valence-corrected chi connectivity index (χ3v) is 1.92. The van der Waals surface area contributed by atoms with Crippen molar-refractivity contribution in [1.82, 2.24) is 0 Å². The zero-order valence-electron chi connectivity index (χ0n) is 8.19. The van der Waals surface area contributed by atoms with Gasteiger partial charge in [0.1, 0.15) is 0 Å². The van der Waals surface area contributed by atoms with Gasteiger partial charge in [0.2, 0.25) is 0 Å². The Morgan fingerprint density at radius 2 is 1.54 bits per heavy atom. The summed E-state index contributed by atoms with van der Waals surface area (Å²) in [5.74, 6) is 2.61. The fraction of sp³-hybridized carbons (Fsp3) is 0.333. The number of hydrogen-bond donors (Lipinski definition) is 0. The molecule has 0 unspecified atom stereocenters. The molecule has 0 atom stereocenters. The third-order valence-electron chi connectivity index (χ3n) is 1.92. The molecule has 0 fully saturated rings. The minimum Gasteiger partial charge on any atom is -0.115 e. The van der Waals surface area contributed by atoms with Gasteiger partial charge in [0.05, 0.1) is 0 Å². The third kappa shape index (κ3) is 3.27. The van der Waals surface area contributed by atoms with Gasteiger partial charge in [-0.25, -0.2) is 0 Å². The summed E-state index contributed by atoms with van der Waals surface area (Å²) in [6.07, 6.45) is 5.26. The Hall–Kier alpha value is -0.701. The molecular weight excluding hydrogens is 208 g/mol. The van der Waals surface area contributed by atoms with Gasteiger partial charge >= 0.3 is 0 Å². The van der Waals surface area contributed by atoms with E-state index in [-0.39, 0.29) is 22.5 Å². The molecule has 0 aromatic heterocycles. The van der Waals surface area contributed by atoms with Crippen molar-refractivity contribution in [2.24, 2.45) is 0 Å². The van der Waals surface area contributed by atoms with Crippen molar-refractivity contribution >= 4 is 0 Å². The zero-order valence-corrected chi connectivity index (χ0v) is 9.13. The average molecular weight is 222 g/mol. The molecule has 0 N–H and O–H groups in total. The predicted molar refractivity (Wildman–Crippen MR) is 53.1 cm³/mol. The van der Waals surface area contributed by atoms with Crippen LogP contribution in [0.4, 0.5) is 0 Å². The monoisotopic (exact) mass is 221 g/mol. The second kappa shape index (κ2) is 4.51. The first-order chi connectivity index (χ1) is 5.54. The van der Waals surface area contributed by atoms with Gasteiger partial charge < -0.3 is 0 Å². The van der Waals surface area contributed by atoms with Crippen LogP contribution in [0, 0.1) is 12.3 Å². The molecule has 1 aromatic rings. The Bertz CT molecular complexity index is 295. The SMILES string of the molecule is C#Cc1ccc(C(C)(C)C)cc1.[Cu]. The largest absolute Gasteiger partial charge is 0.115 e. The van der Waals surface area contributed by atoms with E-state index in [1.165, 1.54) is 5.56 Å². The molecule has 0 saturated carbocycles. The van der Waals surface area contributed by atoms with Crippen LogP contribution < -0.4 is 0 Å². The molecule has 0 heterocycles. The van der Waals surface area contributed by atoms with Gasteiger partial charge in [-0.2, -0.15) is 0 Å². The van der Waals surface area contributed by atoms with Crippen LogP contribution in [0.3, 0.4) is 0 Å². The van der Waals surface area contributed by atoms with E-state index in [4.69, 9.17) is 6.42 Å². The number of terminal acetylenes is 1. The van der Waals surface area contributed by atoms with Crippen LogP contribution in [0.2, 0.25) is 0 Å². The molecule has 0 aliphatic carbocycles. The van der Waals surface area contributed by atoms with Crippen LogP contribution in [0.15, 0.2) is 24.3 Å². The summed E-state index contributed by atoms with van der Waals surface area (Å²) in [6, 6.07) is 8.16. The van der Waals surface area contributed by atoms with Gasteiger partial charge in [0.15, 0.2) is 0 Å². The summed E-state index contributed by atoms with van der Waals surface area (Å²) < 4.78 is 0. The average Bonchev–Trinajstić information content (AvgIpc) is 2.03. The first-order valence-corrected chi connectivity index (χ1v) is 4.11. The minimum absolute atomic E-state index is 0. The molecule has 0 bridgehead atoms. The van der Waals surface area contributed by atoms with E-state index >= 15 is 0 Å². The summed E-state index contributed by atoms with van der Waals surface area (Å²) in [6.45, 7) is 6.58. The second-order valence-corrected chi connectivity index (χ2v) is 3.97. The Balaban J connectivity index is 0.00000144. The van der Waals surface area contributed by atoms with Crippen molar-refractivity contribution < 1.29 is 17.1 Å². The molecule has 1 rings (SSSR count). The van der Waals surface area contributed by atoms with E-state index in [2.05, 4.69) is 38.8 Å². The van der Waals surface area contributed by atoms with Gasteiger partial charge in [-0.3, -0.25) is 0 Å². The van der Waals surface area contributed by atoms with Crippen LogP contribution in [-0.2, 0) is 22.5 Å². The van der Waals surface area contributed by atoms with E-state index < -0.39 is 0 Å². The Kier molecular flexibility index (Phi) is 4.27. The maximum Gasteiger partial charge on any atom is 0.0242 e. The zero-order chi connectivity index (χ0) is 9.19.